The SMILES string of the molecule is CCCCCCCCCCCCCCCCCCCCCC(=O)O[C@H](COC(=O)CCCCCCCCCCCCCC)COC(=O)CCCCCCCCCCCCCCCCCCCCC(C)CC. The molecule has 0 aliphatic heterocycles. The van der Waals surface area contributed by atoms with Gasteiger partial charge in [-0.1, -0.05) is 336 Å². The first-order valence-electron chi connectivity index (χ1n) is 32.4. The number of unbranched alkanes of at least 4 members (excludes halogenated alkanes) is 46. The Labute approximate surface area is 444 Å². The summed E-state index contributed by atoms with van der Waals surface area (Å²) in [4.78, 5) is 38.3. The lowest BCUT2D eigenvalue weighted by molar-refractivity contribution is -0.167. The molecular formula is C65H126O6. The van der Waals surface area contributed by atoms with E-state index in [1.165, 1.54) is 270 Å². The fourth-order valence-electron chi connectivity index (χ4n) is 10.1. The Morgan fingerprint density at radius 3 is 0.732 bits per heavy atom. The maximum absolute atomic E-state index is 12.9. The summed E-state index contributed by atoms with van der Waals surface area (Å²) in [6.45, 7) is 9.13. The minimum absolute atomic E-state index is 0.0611. The van der Waals surface area contributed by atoms with Crippen LogP contribution >= 0.6 is 0 Å². The van der Waals surface area contributed by atoms with Gasteiger partial charge >= 0.3 is 17.9 Å². The minimum Gasteiger partial charge on any atom is -0.462 e. The first kappa shape index (κ1) is 69.4. The van der Waals surface area contributed by atoms with Crippen molar-refractivity contribution < 1.29 is 28.6 Å². The molecule has 6 heteroatoms. The van der Waals surface area contributed by atoms with Crippen LogP contribution in [0.2, 0.25) is 0 Å². The van der Waals surface area contributed by atoms with Crippen molar-refractivity contribution in [2.45, 2.75) is 381 Å². The van der Waals surface area contributed by atoms with Gasteiger partial charge in [0.25, 0.3) is 0 Å². The van der Waals surface area contributed by atoms with E-state index in [9.17, 15) is 14.4 Å². The van der Waals surface area contributed by atoms with Gasteiger partial charge in [-0.25, -0.2) is 0 Å². The van der Waals surface area contributed by atoms with Crippen molar-refractivity contribution in [3.8, 4) is 0 Å². The van der Waals surface area contributed by atoms with Gasteiger partial charge in [-0.15, -0.1) is 0 Å². The number of carbonyl (C=O) groups excluding carboxylic acids is 3. The third-order valence-electron chi connectivity index (χ3n) is 15.4. The van der Waals surface area contributed by atoms with Gasteiger partial charge < -0.3 is 14.2 Å². The molecule has 2 atom stereocenters. The largest absolute Gasteiger partial charge is 0.462 e. The third-order valence-corrected chi connectivity index (χ3v) is 15.4. The van der Waals surface area contributed by atoms with Crippen LogP contribution < -0.4 is 0 Å². The van der Waals surface area contributed by atoms with Crippen molar-refractivity contribution in [3.63, 3.8) is 0 Å². The van der Waals surface area contributed by atoms with Crippen LogP contribution in [0.3, 0.4) is 0 Å². The Balaban J connectivity index is 4.22. The standard InChI is InChI=1S/C65H126O6/c1-5-8-10-12-14-16-18-20-21-22-23-28-31-34-38-42-46-50-54-58-65(68)71-62(59-69-63(66)56-52-48-44-40-36-19-17-15-13-11-9-6-2)60-70-64(67)57-53-49-45-41-37-33-30-27-25-24-26-29-32-35-39-43-47-51-55-61(4)7-3/h61-62H,5-60H2,1-4H3/t61?,62-/m1/s1. The molecule has 0 radical (unpaired) electrons. The Hall–Kier alpha value is -1.59. The van der Waals surface area contributed by atoms with Crippen LogP contribution in [0.1, 0.15) is 374 Å². The third kappa shape index (κ3) is 57.5. The summed E-state index contributed by atoms with van der Waals surface area (Å²) in [5.41, 5.74) is 0. The van der Waals surface area contributed by atoms with Crippen molar-refractivity contribution >= 4 is 17.9 Å². The van der Waals surface area contributed by atoms with Crippen LogP contribution in [0.4, 0.5) is 0 Å². The van der Waals surface area contributed by atoms with Crippen molar-refractivity contribution in [2.24, 2.45) is 5.92 Å². The topological polar surface area (TPSA) is 78.9 Å². The highest BCUT2D eigenvalue weighted by Crippen LogP contribution is 2.19. The normalized spacial score (nSPS) is 12.3. The van der Waals surface area contributed by atoms with E-state index in [0.717, 1.165) is 63.7 Å². The molecule has 0 aliphatic rings. The lowest BCUT2D eigenvalue weighted by atomic mass is 9.99. The molecule has 0 aliphatic carbocycles. The van der Waals surface area contributed by atoms with Gasteiger partial charge in [0.05, 0.1) is 0 Å². The van der Waals surface area contributed by atoms with Gasteiger partial charge in [-0.2, -0.15) is 0 Å². The second-order valence-electron chi connectivity index (χ2n) is 22.6. The number of carbonyl (C=O) groups is 3. The van der Waals surface area contributed by atoms with Crippen LogP contribution in [0, 0.1) is 5.92 Å². The highest BCUT2D eigenvalue weighted by molar-refractivity contribution is 5.71. The summed E-state index contributed by atoms with van der Waals surface area (Å²) in [7, 11) is 0. The van der Waals surface area contributed by atoms with Gasteiger partial charge in [0.1, 0.15) is 13.2 Å². The van der Waals surface area contributed by atoms with E-state index in [0.29, 0.717) is 19.3 Å². The summed E-state index contributed by atoms with van der Waals surface area (Å²) in [6, 6.07) is 0. The first-order valence-corrected chi connectivity index (χ1v) is 32.4. The zero-order valence-electron chi connectivity index (χ0n) is 48.7. The van der Waals surface area contributed by atoms with Crippen LogP contribution in [-0.4, -0.2) is 37.2 Å². The Kier molecular flexibility index (Phi) is 58.0. The molecule has 0 saturated heterocycles. The smallest absolute Gasteiger partial charge is 0.306 e. The number of esters is 3. The molecule has 0 aromatic carbocycles. The Bertz CT molecular complexity index is 1080. The number of hydrogen-bond acceptors (Lipinski definition) is 6. The molecule has 0 spiro atoms. The van der Waals surface area contributed by atoms with E-state index >= 15 is 0 Å². The van der Waals surface area contributed by atoms with Crippen molar-refractivity contribution in [2.75, 3.05) is 13.2 Å². The average molecular weight is 1000 g/mol. The van der Waals surface area contributed by atoms with Gasteiger partial charge in [0.15, 0.2) is 6.10 Å². The van der Waals surface area contributed by atoms with Crippen LogP contribution in [0.5, 0.6) is 0 Å². The summed E-state index contributed by atoms with van der Waals surface area (Å²) < 4.78 is 16.9. The molecule has 0 aromatic heterocycles. The van der Waals surface area contributed by atoms with Gasteiger partial charge in [0.2, 0.25) is 0 Å². The monoisotopic (exact) mass is 1000 g/mol. The molecule has 0 rings (SSSR count). The Morgan fingerprint density at radius 1 is 0.282 bits per heavy atom. The highest BCUT2D eigenvalue weighted by Gasteiger charge is 2.19. The molecule has 6 nitrogen and oxygen atoms in total. The fraction of sp³-hybridized carbons (Fsp3) is 0.954. The van der Waals surface area contributed by atoms with Crippen LogP contribution in [0.15, 0.2) is 0 Å². The summed E-state index contributed by atoms with van der Waals surface area (Å²) in [5, 5.41) is 0. The zero-order valence-corrected chi connectivity index (χ0v) is 48.7. The lowest BCUT2D eigenvalue weighted by Gasteiger charge is -2.18. The highest BCUT2D eigenvalue weighted by atomic mass is 16.6. The molecule has 0 amide bonds. The molecule has 0 saturated carbocycles. The molecule has 422 valence electrons. The van der Waals surface area contributed by atoms with E-state index in [4.69, 9.17) is 14.2 Å². The van der Waals surface area contributed by atoms with E-state index in [1.807, 2.05) is 0 Å². The molecule has 0 N–H and O–H groups in total. The molecule has 1 unspecified atom stereocenters. The van der Waals surface area contributed by atoms with Crippen molar-refractivity contribution in [1.29, 1.82) is 0 Å². The molecule has 0 aromatic rings. The van der Waals surface area contributed by atoms with Crippen LogP contribution in [-0.2, 0) is 28.6 Å². The van der Waals surface area contributed by atoms with E-state index in [-0.39, 0.29) is 31.1 Å². The fourth-order valence-corrected chi connectivity index (χ4v) is 10.1. The van der Waals surface area contributed by atoms with Gasteiger partial charge in [0, 0.05) is 19.3 Å². The quantitative estimate of drug-likeness (QED) is 0.0343. The maximum Gasteiger partial charge on any atom is 0.306 e. The van der Waals surface area contributed by atoms with Crippen molar-refractivity contribution in [1.82, 2.24) is 0 Å². The Morgan fingerprint density at radius 2 is 0.493 bits per heavy atom. The van der Waals surface area contributed by atoms with Gasteiger partial charge in [-0.3, -0.25) is 14.4 Å². The maximum atomic E-state index is 12.9. The summed E-state index contributed by atoms with van der Waals surface area (Å²) in [6.07, 6.45) is 66.7. The second-order valence-corrected chi connectivity index (χ2v) is 22.6. The zero-order chi connectivity index (χ0) is 51.6. The number of rotatable bonds is 60. The number of hydrogen-bond donors (Lipinski definition) is 0. The van der Waals surface area contributed by atoms with Gasteiger partial charge in [-0.05, 0) is 25.2 Å². The first-order chi connectivity index (χ1) is 34.9. The molecule has 71 heavy (non-hydrogen) atoms. The minimum atomic E-state index is -0.762. The lowest BCUT2D eigenvalue weighted by Crippen LogP contribution is -2.30. The van der Waals surface area contributed by atoms with Crippen molar-refractivity contribution in [3.05, 3.63) is 0 Å². The molecule has 0 fully saturated rings. The summed E-state index contributed by atoms with van der Waals surface area (Å²) >= 11 is 0. The second kappa shape index (κ2) is 59.3. The van der Waals surface area contributed by atoms with Crippen LogP contribution in [0.25, 0.3) is 0 Å². The number of ether oxygens (including phenoxy) is 3. The predicted molar refractivity (Wildman–Crippen MR) is 307 cm³/mol. The molecule has 0 heterocycles. The van der Waals surface area contributed by atoms with E-state index < -0.39 is 6.10 Å². The van der Waals surface area contributed by atoms with E-state index in [1.54, 1.807) is 0 Å². The predicted octanol–water partition coefficient (Wildman–Crippen LogP) is 21.7. The molecular weight excluding hydrogens is 877 g/mol. The molecule has 0 bridgehead atoms. The summed E-state index contributed by atoms with van der Waals surface area (Å²) in [5.74, 6) is 0.0822. The van der Waals surface area contributed by atoms with E-state index in [2.05, 4.69) is 27.7 Å². The average Bonchev–Trinajstić information content (AvgIpc) is 3.37.